The molecule has 1 rings (SSSR count). The summed E-state index contributed by atoms with van der Waals surface area (Å²) in [6.45, 7) is 22.2. The van der Waals surface area contributed by atoms with Gasteiger partial charge in [0.1, 0.15) is 5.75 Å². The Balaban J connectivity index is 0. The number of hydrogen-bond donors (Lipinski definition) is 5. The molecule has 0 fully saturated rings. The van der Waals surface area contributed by atoms with Crippen LogP contribution in [0.4, 0.5) is 0 Å². The van der Waals surface area contributed by atoms with Crippen LogP contribution in [0.25, 0.3) is 0 Å². The van der Waals surface area contributed by atoms with E-state index in [1.54, 1.807) is 0 Å². The highest BCUT2D eigenvalue weighted by molar-refractivity contribution is 7.78. The molecule has 0 unspecified atom stereocenters. The molecule has 0 bridgehead atoms. The van der Waals surface area contributed by atoms with Gasteiger partial charge in [-0.3, -0.25) is 14.5 Å². The van der Waals surface area contributed by atoms with Crippen LogP contribution in [-0.2, 0) is 31.7 Å². The Bertz CT molecular complexity index is 863. The minimum atomic E-state index is -0.833. The molecule has 8 nitrogen and oxygen atoms in total. The lowest BCUT2D eigenvalue weighted by Gasteiger charge is -2.29. The largest absolute Gasteiger partial charge is 0.507 e. The molecule has 0 amide bonds. The van der Waals surface area contributed by atoms with Gasteiger partial charge in [-0.15, -0.1) is 0 Å². The average molecular weight is 554 g/mol. The number of aliphatic carboxylic acids is 1. The highest BCUT2D eigenvalue weighted by Crippen LogP contribution is 2.40. The molecule has 0 aliphatic rings. The number of rotatable bonds is 9. The summed E-state index contributed by atoms with van der Waals surface area (Å²) < 4.78 is 6.22. The number of nitrogens with two attached hydrogens (primary N) is 1. The molecular weight excluding hydrogens is 502 g/mol. The van der Waals surface area contributed by atoms with Crippen LogP contribution in [0.5, 0.6) is 5.75 Å². The summed E-state index contributed by atoms with van der Waals surface area (Å²) in [5, 5.41) is 25.5. The van der Waals surface area contributed by atoms with Crippen molar-refractivity contribution < 1.29 is 24.5 Å². The number of aromatic hydroxyl groups is 1. The molecule has 5 N–H and O–H groups in total. The summed E-state index contributed by atoms with van der Waals surface area (Å²) in [6, 6.07) is 3.94. The number of unbranched alkanes of at least 4 members (excludes halogenated alkanes) is 2. The van der Waals surface area contributed by atoms with Crippen molar-refractivity contribution in [3.63, 3.8) is 0 Å². The fourth-order valence-corrected chi connectivity index (χ4v) is 3.41. The number of thiol groups is 1. The molecule has 38 heavy (non-hydrogen) atoms. The van der Waals surface area contributed by atoms with E-state index in [2.05, 4.69) is 74.8 Å². The molecule has 9 heteroatoms. The molecule has 0 aliphatic carbocycles. The third-order valence-corrected chi connectivity index (χ3v) is 5.59. The van der Waals surface area contributed by atoms with Crippen LogP contribution in [0.15, 0.2) is 24.8 Å². The molecule has 0 saturated carbocycles. The Hall–Kier alpha value is -2.68. The van der Waals surface area contributed by atoms with Gasteiger partial charge in [-0.25, -0.2) is 4.79 Å². The van der Waals surface area contributed by atoms with Crippen molar-refractivity contribution >= 4 is 30.7 Å². The molecule has 0 heterocycles. The zero-order chi connectivity index (χ0) is 30.3. The highest BCUT2D eigenvalue weighted by atomic mass is 32.1. The third-order valence-electron chi connectivity index (χ3n) is 5.23. The predicted molar refractivity (Wildman–Crippen MR) is 160 cm³/mol. The number of esters is 1. The first-order valence-electron chi connectivity index (χ1n) is 12.9. The van der Waals surface area contributed by atoms with Crippen molar-refractivity contribution in [2.45, 2.75) is 105 Å². The molecule has 0 aliphatic heterocycles. The van der Waals surface area contributed by atoms with E-state index in [0.717, 1.165) is 42.4 Å². The van der Waals surface area contributed by atoms with Crippen LogP contribution in [0.1, 0.15) is 105 Å². The van der Waals surface area contributed by atoms with E-state index in [1.807, 2.05) is 12.1 Å². The normalized spacial score (nSPS) is 10.9. The lowest BCUT2D eigenvalue weighted by atomic mass is 9.78. The average Bonchev–Trinajstić information content (AvgIpc) is 2.75. The maximum absolute atomic E-state index is 10.6. The van der Waals surface area contributed by atoms with Crippen LogP contribution >= 0.6 is 12.8 Å². The number of carboxylic acid groups (broad SMARTS) is 1. The van der Waals surface area contributed by atoms with Crippen molar-refractivity contribution in [1.82, 2.24) is 4.31 Å². The number of phenols is 1. The molecule has 1 aromatic carbocycles. The van der Waals surface area contributed by atoms with E-state index >= 15 is 0 Å². The Morgan fingerprint density at radius 3 is 1.89 bits per heavy atom. The van der Waals surface area contributed by atoms with Crippen LogP contribution in [0.2, 0.25) is 0 Å². The van der Waals surface area contributed by atoms with Gasteiger partial charge in [-0.1, -0.05) is 94.0 Å². The number of phenolic OH excluding ortho intramolecular Hbond substituents is 1. The van der Waals surface area contributed by atoms with Crippen LogP contribution in [0.3, 0.4) is 0 Å². The van der Waals surface area contributed by atoms with Gasteiger partial charge in [0.15, 0.2) is 5.96 Å². The first-order chi connectivity index (χ1) is 17.2. The molecule has 1 aromatic rings. The van der Waals surface area contributed by atoms with E-state index in [-0.39, 0.29) is 22.8 Å². The van der Waals surface area contributed by atoms with Crippen molar-refractivity contribution in [2.24, 2.45) is 11.7 Å². The summed E-state index contributed by atoms with van der Waals surface area (Å²) >= 11 is 4.20. The summed E-state index contributed by atoms with van der Waals surface area (Å²) in [5.41, 5.74) is 7.88. The summed E-state index contributed by atoms with van der Waals surface area (Å²) in [7, 11) is 0. The third kappa shape index (κ3) is 17.7. The zero-order valence-electron chi connectivity index (χ0n) is 24.9. The van der Waals surface area contributed by atoms with E-state index in [4.69, 9.17) is 25.8 Å². The second-order valence-electron chi connectivity index (χ2n) is 11.6. The number of carbonyl (C=O) groups is 2. The van der Waals surface area contributed by atoms with E-state index in [1.165, 1.54) is 23.2 Å². The van der Waals surface area contributed by atoms with Crippen molar-refractivity contribution in [3.05, 3.63) is 41.5 Å². The second-order valence-corrected chi connectivity index (χ2v) is 12.1. The van der Waals surface area contributed by atoms with Gasteiger partial charge in [0.25, 0.3) is 5.97 Å². The van der Waals surface area contributed by atoms with Gasteiger partial charge < -0.3 is 20.7 Å². The molecule has 0 aromatic heterocycles. The Morgan fingerprint density at radius 1 is 1.11 bits per heavy atom. The lowest BCUT2D eigenvalue weighted by Crippen LogP contribution is -2.28. The van der Waals surface area contributed by atoms with Crippen LogP contribution in [0, 0.1) is 11.3 Å². The van der Waals surface area contributed by atoms with E-state index in [9.17, 15) is 9.90 Å². The first kappa shape index (κ1) is 37.5. The van der Waals surface area contributed by atoms with Gasteiger partial charge in [0.05, 0.1) is 13.2 Å². The minimum absolute atomic E-state index is 0.0963. The first-order valence-corrected chi connectivity index (χ1v) is 13.3. The Kier molecular flexibility index (Phi) is 17.5. The SMILES string of the molecule is C=CC(=O)OCCCCCC(C)C.CC(=O)O.CC(C)(C)c1cc(CN(S)C(=N)N)cc(C(C)(C)C)c1O. The van der Waals surface area contributed by atoms with E-state index in [0.29, 0.717) is 18.9 Å². The fourth-order valence-electron chi connectivity index (χ4n) is 3.25. The topological polar surface area (TPSA) is 137 Å². The molecule has 0 spiro atoms. The summed E-state index contributed by atoms with van der Waals surface area (Å²) in [4.78, 5) is 19.6. The molecule has 218 valence electrons. The number of carboxylic acids is 1. The van der Waals surface area contributed by atoms with Gasteiger partial charge in [0, 0.05) is 13.0 Å². The summed E-state index contributed by atoms with van der Waals surface area (Å²) in [5.74, 6) is -0.118. The van der Waals surface area contributed by atoms with Gasteiger partial charge in [0.2, 0.25) is 0 Å². The number of carbonyl (C=O) groups excluding carboxylic acids is 1. The monoisotopic (exact) mass is 553 g/mol. The van der Waals surface area contributed by atoms with Gasteiger partial charge >= 0.3 is 5.97 Å². The number of nitrogens with zero attached hydrogens (tertiary/aromatic N) is 1. The molecule has 0 radical (unpaired) electrons. The maximum atomic E-state index is 10.6. The van der Waals surface area contributed by atoms with Gasteiger partial charge in [-0.05, 0) is 52.0 Å². The predicted octanol–water partition coefficient (Wildman–Crippen LogP) is 6.55. The maximum Gasteiger partial charge on any atom is 0.330 e. The zero-order valence-corrected chi connectivity index (χ0v) is 25.7. The molecule has 0 atom stereocenters. The summed E-state index contributed by atoms with van der Waals surface area (Å²) in [6.07, 6.45) is 5.79. The Morgan fingerprint density at radius 2 is 1.55 bits per heavy atom. The molecule has 0 saturated heterocycles. The van der Waals surface area contributed by atoms with Crippen LogP contribution in [-0.4, -0.2) is 39.0 Å². The minimum Gasteiger partial charge on any atom is -0.507 e. The molecular formula is C29H51N3O5S. The number of guanidine groups is 1. The lowest BCUT2D eigenvalue weighted by molar-refractivity contribution is -0.138. The van der Waals surface area contributed by atoms with Gasteiger partial charge in [-0.2, -0.15) is 0 Å². The smallest absolute Gasteiger partial charge is 0.330 e. The van der Waals surface area contributed by atoms with Crippen molar-refractivity contribution in [2.75, 3.05) is 6.61 Å². The number of ether oxygens (including phenoxy) is 1. The number of benzene rings is 1. The quantitative estimate of drug-likeness (QED) is 0.0584. The van der Waals surface area contributed by atoms with Crippen molar-refractivity contribution in [1.29, 1.82) is 5.41 Å². The number of nitrogens with one attached hydrogen (secondary N) is 1. The highest BCUT2D eigenvalue weighted by Gasteiger charge is 2.26. The van der Waals surface area contributed by atoms with E-state index < -0.39 is 5.97 Å². The Labute approximate surface area is 235 Å². The fraction of sp³-hybridized carbons (Fsp3) is 0.621. The van der Waals surface area contributed by atoms with Crippen molar-refractivity contribution in [3.8, 4) is 5.75 Å². The van der Waals surface area contributed by atoms with Crippen LogP contribution < -0.4 is 5.73 Å². The standard InChI is InChI=1S/C16H27N3OS.C11H20O2.C2H4O2/c1-15(2,3)11-7-10(9-19(21)14(17)18)8-12(13(11)20)16(4,5)6;1-4-11(12)13-9-7-5-6-8-10(2)3;1-2(3)4/h7-8,20-21H,9H2,1-6H3,(H3,17,18);4,10H,1,5-9H2,2-3H3;1H3,(H,3,4). The second kappa shape index (κ2) is 17.8. The number of hydrogen-bond acceptors (Lipinski definition) is 6.